The van der Waals surface area contributed by atoms with Gasteiger partial charge in [0.1, 0.15) is 0 Å². The van der Waals surface area contributed by atoms with Crippen LogP contribution in [0.5, 0.6) is 0 Å². The number of aliphatic hydroxyl groups excluding tert-OH is 3. The van der Waals surface area contributed by atoms with Gasteiger partial charge in [0.15, 0.2) is 0 Å². The maximum Gasteiger partial charge on any atom is 0.0841 e. The molecular weight excluding hydrogens is 288 g/mol. The molecule has 0 amide bonds. The molecule has 3 rings (SSSR count). The molecule has 3 nitrogen and oxygen atoms in total. The molecule has 0 heterocycles. The molecule has 23 heavy (non-hydrogen) atoms. The lowest BCUT2D eigenvalue weighted by Gasteiger charge is -2.61. The highest BCUT2D eigenvalue weighted by atomic mass is 16.3. The molecule has 0 radical (unpaired) electrons. The predicted molar refractivity (Wildman–Crippen MR) is 91.8 cm³/mol. The summed E-state index contributed by atoms with van der Waals surface area (Å²) in [5.41, 5.74) is 0.411. The van der Waals surface area contributed by atoms with Gasteiger partial charge >= 0.3 is 0 Å². The van der Waals surface area contributed by atoms with Crippen LogP contribution in [0.3, 0.4) is 0 Å². The van der Waals surface area contributed by atoms with E-state index < -0.39 is 12.2 Å². The van der Waals surface area contributed by atoms with Crippen molar-refractivity contribution >= 4 is 0 Å². The zero-order valence-corrected chi connectivity index (χ0v) is 14.8. The Labute approximate surface area is 140 Å². The van der Waals surface area contributed by atoms with E-state index in [9.17, 15) is 15.3 Å². The van der Waals surface area contributed by atoms with E-state index >= 15 is 0 Å². The standard InChI is InChI=1S/C20H32O3/c1-5-18(2)10-7-14-13(17(18)23)11-15(22)16-19(3,12-21)8-6-9-20(14,16)4/h5,11,14-17,21-23H,1,6-10,12H2,2-4H3/t14-,15?,16?,17+,18+,19+,20-/m0/s1. The molecule has 0 aromatic rings. The predicted octanol–water partition coefficient (Wildman–Crippen LogP) is 3.06. The van der Waals surface area contributed by atoms with Gasteiger partial charge < -0.3 is 15.3 Å². The van der Waals surface area contributed by atoms with E-state index in [1.54, 1.807) is 0 Å². The van der Waals surface area contributed by atoms with Crippen molar-refractivity contribution in [3.05, 3.63) is 24.3 Å². The first kappa shape index (κ1) is 17.2. The van der Waals surface area contributed by atoms with Crippen LogP contribution in [0.15, 0.2) is 24.3 Å². The summed E-state index contributed by atoms with van der Waals surface area (Å²) < 4.78 is 0. The third-order valence-electron chi connectivity index (χ3n) is 7.57. The van der Waals surface area contributed by atoms with Crippen LogP contribution in [0.1, 0.15) is 52.9 Å². The second kappa shape index (κ2) is 5.44. The van der Waals surface area contributed by atoms with Crippen LogP contribution in [0.2, 0.25) is 0 Å². The molecule has 2 saturated carbocycles. The van der Waals surface area contributed by atoms with Crippen molar-refractivity contribution in [1.29, 1.82) is 0 Å². The molecule has 2 unspecified atom stereocenters. The highest BCUT2D eigenvalue weighted by molar-refractivity contribution is 5.31. The van der Waals surface area contributed by atoms with E-state index in [1.807, 2.05) is 12.2 Å². The Morgan fingerprint density at radius 3 is 2.52 bits per heavy atom. The molecular formula is C20H32O3. The van der Waals surface area contributed by atoms with Gasteiger partial charge in [-0.15, -0.1) is 6.58 Å². The van der Waals surface area contributed by atoms with Crippen LogP contribution in [0.4, 0.5) is 0 Å². The van der Waals surface area contributed by atoms with E-state index in [4.69, 9.17) is 0 Å². The summed E-state index contributed by atoms with van der Waals surface area (Å²) in [6.45, 7) is 10.5. The fourth-order valence-corrected chi connectivity index (χ4v) is 6.11. The van der Waals surface area contributed by atoms with Crippen molar-refractivity contribution in [2.24, 2.45) is 28.1 Å². The van der Waals surface area contributed by atoms with Crippen LogP contribution in [0, 0.1) is 28.1 Å². The summed E-state index contributed by atoms with van der Waals surface area (Å²) >= 11 is 0. The first-order chi connectivity index (χ1) is 10.7. The lowest BCUT2D eigenvalue weighted by atomic mass is 9.44. The molecule has 3 heteroatoms. The zero-order chi connectivity index (χ0) is 17.0. The summed E-state index contributed by atoms with van der Waals surface area (Å²) in [4.78, 5) is 0. The largest absolute Gasteiger partial charge is 0.396 e. The molecule has 0 saturated heterocycles. The Balaban J connectivity index is 2.07. The normalized spacial score (nSPS) is 53.0. The lowest BCUT2D eigenvalue weighted by Crippen LogP contribution is -2.59. The monoisotopic (exact) mass is 320 g/mol. The molecule has 130 valence electrons. The fraction of sp³-hybridized carbons (Fsp3) is 0.800. The molecule has 3 aliphatic rings. The van der Waals surface area contributed by atoms with Gasteiger partial charge in [0.05, 0.1) is 12.2 Å². The van der Waals surface area contributed by atoms with Crippen LogP contribution < -0.4 is 0 Å². The minimum atomic E-state index is -0.592. The summed E-state index contributed by atoms with van der Waals surface area (Å²) in [5, 5.41) is 31.8. The lowest BCUT2D eigenvalue weighted by molar-refractivity contribution is -0.134. The Morgan fingerprint density at radius 1 is 1.22 bits per heavy atom. The Morgan fingerprint density at radius 2 is 1.91 bits per heavy atom. The van der Waals surface area contributed by atoms with E-state index in [0.717, 1.165) is 37.7 Å². The van der Waals surface area contributed by atoms with Gasteiger partial charge in [0, 0.05) is 17.9 Å². The topological polar surface area (TPSA) is 60.7 Å². The average Bonchev–Trinajstić information content (AvgIpc) is 2.51. The van der Waals surface area contributed by atoms with Crippen molar-refractivity contribution in [3.63, 3.8) is 0 Å². The Kier molecular flexibility index (Phi) is 4.06. The van der Waals surface area contributed by atoms with Crippen LogP contribution in [0.25, 0.3) is 0 Å². The van der Waals surface area contributed by atoms with Gasteiger partial charge in [-0.1, -0.05) is 39.3 Å². The molecule has 0 aromatic carbocycles. The molecule has 3 aliphatic carbocycles. The third-order valence-corrected chi connectivity index (χ3v) is 7.57. The Hall–Kier alpha value is -0.640. The van der Waals surface area contributed by atoms with Crippen molar-refractivity contribution < 1.29 is 15.3 Å². The molecule has 7 atom stereocenters. The Bertz CT molecular complexity index is 527. The molecule has 3 N–H and O–H groups in total. The van der Waals surface area contributed by atoms with Gasteiger partial charge in [-0.2, -0.15) is 0 Å². The molecule has 2 fully saturated rings. The number of aliphatic hydroxyl groups is 3. The number of hydrogen-bond donors (Lipinski definition) is 3. The van der Waals surface area contributed by atoms with E-state index in [-0.39, 0.29) is 28.8 Å². The first-order valence-corrected chi connectivity index (χ1v) is 9.04. The van der Waals surface area contributed by atoms with Crippen molar-refractivity contribution in [3.8, 4) is 0 Å². The fourth-order valence-electron chi connectivity index (χ4n) is 6.11. The van der Waals surface area contributed by atoms with Gasteiger partial charge in [-0.25, -0.2) is 0 Å². The van der Waals surface area contributed by atoms with E-state index in [2.05, 4.69) is 27.4 Å². The summed E-state index contributed by atoms with van der Waals surface area (Å²) in [6.07, 6.45) is 7.67. The summed E-state index contributed by atoms with van der Waals surface area (Å²) in [5.74, 6) is 0.355. The highest BCUT2D eigenvalue weighted by Gasteiger charge is 2.59. The van der Waals surface area contributed by atoms with Crippen molar-refractivity contribution in [2.75, 3.05) is 6.61 Å². The number of fused-ring (bicyclic) bond motifs is 3. The SMILES string of the molecule is C=C[C@]1(C)CC[C@H]2C(=CC(O)C3[C@@](C)(CO)CCC[C@]32C)[C@H]1O. The third kappa shape index (κ3) is 2.27. The smallest absolute Gasteiger partial charge is 0.0841 e. The molecule has 0 spiro atoms. The van der Waals surface area contributed by atoms with Gasteiger partial charge in [-0.3, -0.25) is 0 Å². The van der Waals surface area contributed by atoms with Crippen molar-refractivity contribution in [1.82, 2.24) is 0 Å². The summed E-state index contributed by atoms with van der Waals surface area (Å²) in [6, 6.07) is 0. The van der Waals surface area contributed by atoms with Crippen LogP contribution in [-0.4, -0.2) is 34.1 Å². The maximum atomic E-state index is 10.9. The maximum absolute atomic E-state index is 10.9. The van der Waals surface area contributed by atoms with E-state index in [0.29, 0.717) is 5.92 Å². The molecule has 0 aliphatic heterocycles. The second-order valence-corrected chi connectivity index (χ2v) is 9.01. The number of hydrogen-bond acceptors (Lipinski definition) is 3. The molecule has 0 bridgehead atoms. The van der Waals surface area contributed by atoms with Crippen molar-refractivity contribution in [2.45, 2.75) is 65.1 Å². The van der Waals surface area contributed by atoms with Gasteiger partial charge in [0.25, 0.3) is 0 Å². The minimum absolute atomic E-state index is 0.0529. The number of rotatable bonds is 2. The van der Waals surface area contributed by atoms with Gasteiger partial charge in [0.2, 0.25) is 0 Å². The van der Waals surface area contributed by atoms with Gasteiger partial charge in [-0.05, 0) is 48.0 Å². The average molecular weight is 320 g/mol. The highest BCUT2D eigenvalue weighted by Crippen LogP contribution is 2.63. The quantitative estimate of drug-likeness (QED) is 0.685. The van der Waals surface area contributed by atoms with Crippen LogP contribution in [-0.2, 0) is 0 Å². The first-order valence-electron chi connectivity index (χ1n) is 9.04. The van der Waals surface area contributed by atoms with Crippen LogP contribution >= 0.6 is 0 Å². The second-order valence-electron chi connectivity index (χ2n) is 9.01. The zero-order valence-electron chi connectivity index (χ0n) is 14.8. The summed E-state index contributed by atoms with van der Waals surface area (Å²) in [7, 11) is 0. The van der Waals surface area contributed by atoms with E-state index in [1.165, 1.54) is 0 Å². The minimum Gasteiger partial charge on any atom is -0.396 e. The molecule has 0 aromatic heterocycles.